The molecule has 28 heavy (non-hydrogen) atoms. The number of hydrogen-bond donors (Lipinski definition) is 1. The highest BCUT2D eigenvalue weighted by molar-refractivity contribution is 5.90. The van der Waals surface area contributed by atoms with Crippen LogP contribution in [-0.2, 0) is 16.1 Å². The molecule has 8 nitrogen and oxygen atoms in total. The van der Waals surface area contributed by atoms with Crippen LogP contribution >= 0.6 is 0 Å². The topological polar surface area (TPSA) is 100 Å². The number of anilines is 1. The van der Waals surface area contributed by atoms with Crippen molar-refractivity contribution in [3.8, 4) is 6.07 Å². The zero-order chi connectivity index (χ0) is 19.7. The van der Waals surface area contributed by atoms with Gasteiger partial charge in [-0.3, -0.25) is 9.69 Å². The van der Waals surface area contributed by atoms with Crippen LogP contribution in [0, 0.1) is 11.3 Å². The number of rotatable bonds is 4. The zero-order valence-electron chi connectivity index (χ0n) is 15.4. The number of nitriles is 1. The molecule has 2 amide bonds. The molecule has 0 aliphatic carbocycles. The van der Waals surface area contributed by atoms with E-state index in [2.05, 4.69) is 16.4 Å². The van der Waals surface area contributed by atoms with Gasteiger partial charge in [0.1, 0.15) is 12.2 Å². The highest BCUT2D eigenvalue weighted by Gasteiger charge is 2.32. The Morgan fingerprint density at radius 2 is 2.18 bits per heavy atom. The maximum atomic E-state index is 12.1. The molecular weight excluding hydrogens is 358 g/mol. The first-order valence-corrected chi connectivity index (χ1v) is 9.04. The van der Waals surface area contributed by atoms with Gasteiger partial charge in [-0.1, -0.05) is 12.1 Å². The average Bonchev–Trinajstić information content (AvgIpc) is 3.29. The minimum atomic E-state index is -0.414. The summed E-state index contributed by atoms with van der Waals surface area (Å²) in [5.41, 5.74) is 4.18. The number of benzene rings is 1. The van der Waals surface area contributed by atoms with Crippen molar-refractivity contribution in [3.05, 3.63) is 47.5 Å². The lowest BCUT2D eigenvalue weighted by molar-refractivity contribution is -0.119. The molecule has 1 atom stereocenters. The number of carbonyl (C=O) groups is 2. The molecule has 1 fully saturated rings. The Hall–Kier alpha value is -3.60. The quantitative estimate of drug-likeness (QED) is 0.880. The fraction of sp³-hybridized carbons (Fsp3) is 0.300. The van der Waals surface area contributed by atoms with E-state index in [0.29, 0.717) is 18.8 Å². The summed E-state index contributed by atoms with van der Waals surface area (Å²) >= 11 is 0. The molecule has 4 rings (SSSR count). The molecule has 1 saturated heterocycles. The number of fused-ring (bicyclic) bond motifs is 1. The van der Waals surface area contributed by atoms with Gasteiger partial charge in [0.15, 0.2) is 5.69 Å². The molecular formula is C20H19N5O3. The van der Waals surface area contributed by atoms with E-state index in [9.17, 15) is 14.9 Å². The first kappa shape index (κ1) is 17.8. The molecule has 3 heterocycles. The molecule has 1 aromatic carbocycles. The van der Waals surface area contributed by atoms with E-state index in [0.717, 1.165) is 35.5 Å². The smallest absolute Gasteiger partial charge is 0.414 e. The summed E-state index contributed by atoms with van der Waals surface area (Å²) in [5.74, 6) is -0.152. The Labute approximate surface area is 162 Å². The van der Waals surface area contributed by atoms with E-state index in [1.54, 1.807) is 11.2 Å². The number of ether oxygens (including phenoxy) is 1. The summed E-state index contributed by atoms with van der Waals surface area (Å²) in [7, 11) is 0. The van der Waals surface area contributed by atoms with Crippen molar-refractivity contribution in [2.75, 3.05) is 18.0 Å². The van der Waals surface area contributed by atoms with Gasteiger partial charge in [-0.25, -0.2) is 9.78 Å². The average molecular weight is 377 g/mol. The van der Waals surface area contributed by atoms with Crippen LogP contribution in [0.1, 0.15) is 30.3 Å². The van der Waals surface area contributed by atoms with Crippen molar-refractivity contribution in [1.29, 1.82) is 5.26 Å². The Kier molecular flexibility index (Phi) is 4.57. The van der Waals surface area contributed by atoms with Crippen LogP contribution in [0.25, 0.3) is 11.6 Å². The second kappa shape index (κ2) is 7.19. The van der Waals surface area contributed by atoms with Gasteiger partial charge < -0.3 is 14.6 Å². The molecule has 2 aliphatic heterocycles. The lowest BCUT2D eigenvalue weighted by Gasteiger charge is -2.18. The van der Waals surface area contributed by atoms with Crippen LogP contribution in [0.5, 0.6) is 0 Å². The lowest BCUT2D eigenvalue weighted by Crippen LogP contribution is -2.33. The molecule has 8 heteroatoms. The fourth-order valence-corrected chi connectivity index (χ4v) is 3.46. The summed E-state index contributed by atoms with van der Waals surface area (Å²) in [4.78, 5) is 28.9. The Morgan fingerprint density at radius 1 is 1.39 bits per heavy atom. The van der Waals surface area contributed by atoms with Crippen LogP contribution in [-0.4, -0.2) is 40.7 Å². The van der Waals surface area contributed by atoms with Crippen LogP contribution < -0.4 is 10.2 Å². The van der Waals surface area contributed by atoms with Crippen molar-refractivity contribution in [2.24, 2.45) is 0 Å². The number of hydrogen-bond acceptors (Lipinski definition) is 5. The van der Waals surface area contributed by atoms with Gasteiger partial charge in [0, 0.05) is 19.2 Å². The van der Waals surface area contributed by atoms with E-state index in [-0.39, 0.29) is 12.0 Å². The van der Waals surface area contributed by atoms with Crippen LogP contribution in [0.2, 0.25) is 0 Å². The largest absolute Gasteiger partial charge is 0.442 e. The minimum absolute atomic E-state index is 0.152. The van der Waals surface area contributed by atoms with E-state index in [1.807, 2.05) is 34.9 Å². The number of aromatic nitrogens is 2. The third-order valence-corrected chi connectivity index (χ3v) is 4.92. The van der Waals surface area contributed by atoms with Crippen molar-refractivity contribution in [3.63, 3.8) is 0 Å². The third kappa shape index (κ3) is 3.34. The number of allylic oxidation sites excluding steroid dienone is 1. The Bertz CT molecular complexity index is 1000. The predicted molar refractivity (Wildman–Crippen MR) is 102 cm³/mol. The SMILES string of the molecule is CC(=O)NC[C@H]1CN(c2ccc(C3=Cc4c(C#N)ncn4CC3)cc2)C(=O)O1. The highest BCUT2D eigenvalue weighted by Crippen LogP contribution is 2.30. The standard InChI is InChI=1S/C20H19N5O3/c1-13(26)22-10-17-11-25(20(27)28-17)16-4-2-14(3-5-16)15-6-7-24-12-23-18(9-21)19(24)8-15/h2-5,8,12,17H,6-7,10-11H2,1H3,(H,22,26)/t17-/m0/s1. The summed E-state index contributed by atoms with van der Waals surface area (Å²) in [6.45, 7) is 2.91. The lowest BCUT2D eigenvalue weighted by atomic mass is 9.98. The Balaban J connectivity index is 1.50. The number of nitrogens with zero attached hydrogens (tertiary/aromatic N) is 4. The van der Waals surface area contributed by atoms with E-state index in [1.165, 1.54) is 6.92 Å². The Morgan fingerprint density at radius 3 is 2.89 bits per heavy atom. The molecule has 0 unspecified atom stereocenters. The highest BCUT2D eigenvalue weighted by atomic mass is 16.6. The number of aryl methyl sites for hydroxylation is 1. The van der Waals surface area contributed by atoms with Gasteiger partial charge in [0.25, 0.3) is 0 Å². The van der Waals surface area contributed by atoms with Crippen molar-refractivity contribution >= 4 is 29.3 Å². The van der Waals surface area contributed by atoms with Crippen molar-refractivity contribution in [2.45, 2.75) is 26.0 Å². The molecule has 0 spiro atoms. The molecule has 142 valence electrons. The molecule has 0 bridgehead atoms. The van der Waals surface area contributed by atoms with Gasteiger partial charge in [0.05, 0.1) is 25.1 Å². The number of amides is 2. The maximum Gasteiger partial charge on any atom is 0.414 e. The second-order valence-corrected chi connectivity index (χ2v) is 6.80. The van der Waals surface area contributed by atoms with E-state index >= 15 is 0 Å². The van der Waals surface area contributed by atoms with Crippen molar-refractivity contribution < 1.29 is 14.3 Å². The normalized spacial score (nSPS) is 18.1. The number of carbonyl (C=O) groups excluding carboxylic acids is 2. The van der Waals surface area contributed by atoms with Crippen LogP contribution in [0.15, 0.2) is 30.6 Å². The molecule has 1 N–H and O–H groups in total. The summed E-state index contributed by atoms with van der Waals surface area (Å²) in [5, 5.41) is 11.9. The summed E-state index contributed by atoms with van der Waals surface area (Å²) in [6, 6.07) is 9.82. The monoisotopic (exact) mass is 377 g/mol. The number of cyclic esters (lactones) is 1. The minimum Gasteiger partial charge on any atom is -0.442 e. The molecule has 0 radical (unpaired) electrons. The third-order valence-electron chi connectivity index (χ3n) is 4.92. The maximum absolute atomic E-state index is 12.1. The first-order chi connectivity index (χ1) is 13.5. The molecule has 0 saturated carbocycles. The molecule has 2 aliphatic rings. The second-order valence-electron chi connectivity index (χ2n) is 6.80. The summed E-state index contributed by atoms with van der Waals surface area (Å²) < 4.78 is 7.28. The van der Waals surface area contributed by atoms with Gasteiger partial charge in [-0.2, -0.15) is 5.26 Å². The number of imidazole rings is 1. The summed E-state index contributed by atoms with van der Waals surface area (Å²) in [6.07, 6.45) is 3.76. The molecule has 2 aromatic rings. The van der Waals surface area contributed by atoms with Gasteiger partial charge >= 0.3 is 6.09 Å². The van der Waals surface area contributed by atoms with Gasteiger partial charge in [0.2, 0.25) is 5.91 Å². The predicted octanol–water partition coefficient (Wildman–Crippen LogP) is 2.16. The zero-order valence-corrected chi connectivity index (χ0v) is 15.4. The molecule has 1 aromatic heterocycles. The first-order valence-electron chi connectivity index (χ1n) is 9.04. The van der Waals surface area contributed by atoms with Gasteiger partial charge in [-0.15, -0.1) is 0 Å². The van der Waals surface area contributed by atoms with Crippen molar-refractivity contribution in [1.82, 2.24) is 14.9 Å². The van der Waals surface area contributed by atoms with Crippen LogP contribution in [0.4, 0.5) is 10.5 Å². The van der Waals surface area contributed by atoms with Gasteiger partial charge in [-0.05, 0) is 35.8 Å². The number of nitrogens with one attached hydrogen (secondary N) is 1. The fourth-order valence-electron chi connectivity index (χ4n) is 3.46. The van der Waals surface area contributed by atoms with E-state index in [4.69, 9.17) is 4.74 Å². The van der Waals surface area contributed by atoms with E-state index < -0.39 is 6.09 Å². The van der Waals surface area contributed by atoms with Crippen LogP contribution in [0.3, 0.4) is 0 Å².